The van der Waals surface area contributed by atoms with Gasteiger partial charge in [0.2, 0.25) is 5.56 Å². The minimum absolute atomic E-state index is 0.0919. The molecule has 0 saturated carbocycles. The standard InChI is InChI=1S/C8H6N2O3S/c1-3-2-4(11)9-5-6(8(12)13)10-14-7(3)5/h2H,1H3,(H,9,11)(H,12,13). The minimum Gasteiger partial charge on any atom is -0.476 e. The van der Waals surface area contributed by atoms with Crippen LogP contribution in [0, 0.1) is 6.92 Å². The van der Waals surface area contributed by atoms with Crippen LogP contribution < -0.4 is 5.56 Å². The fourth-order valence-corrected chi connectivity index (χ4v) is 2.04. The number of nitrogens with one attached hydrogen (secondary N) is 1. The van der Waals surface area contributed by atoms with E-state index >= 15 is 0 Å². The first kappa shape index (κ1) is 8.89. The van der Waals surface area contributed by atoms with E-state index in [1.54, 1.807) is 6.92 Å². The number of aryl methyl sites for hydroxylation is 1. The van der Waals surface area contributed by atoms with Crippen LogP contribution in [0.1, 0.15) is 16.1 Å². The van der Waals surface area contributed by atoms with Crippen molar-refractivity contribution in [1.82, 2.24) is 9.36 Å². The average molecular weight is 210 g/mol. The number of carbonyl (C=O) groups is 1. The first-order chi connectivity index (χ1) is 6.59. The van der Waals surface area contributed by atoms with Crippen molar-refractivity contribution < 1.29 is 9.90 Å². The summed E-state index contributed by atoms with van der Waals surface area (Å²) in [5, 5.41) is 8.78. The number of nitrogens with zero attached hydrogens (tertiary/aromatic N) is 1. The quantitative estimate of drug-likeness (QED) is 0.735. The van der Waals surface area contributed by atoms with Gasteiger partial charge in [0, 0.05) is 6.07 Å². The predicted molar refractivity (Wildman–Crippen MR) is 51.9 cm³/mol. The van der Waals surface area contributed by atoms with Gasteiger partial charge >= 0.3 is 5.97 Å². The molecule has 14 heavy (non-hydrogen) atoms. The molecule has 2 rings (SSSR count). The Kier molecular flexibility index (Phi) is 1.85. The SMILES string of the molecule is Cc1cc(=O)[nH]c2c(C(=O)O)nsc12. The van der Waals surface area contributed by atoms with Gasteiger partial charge in [-0.3, -0.25) is 4.79 Å². The molecule has 2 N–H and O–H groups in total. The van der Waals surface area contributed by atoms with E-state index in [1.807, 2.05) is 0 Å². The van der Waals surface area contributed by atoms with E-state index in [4.69, 9.17) is 5.11 Å². The number of aromatic carboxylic acids is 1. The molecule has 0 aliphatic carbocycles. The molecule has 0 amide bonds. The summed E-state index contributed by atoms with van der Waals surface area (Å²) in [5.41, 5.74) is 0.657. The highest BCUT2D eigenvalue weighted by atomic mass is 32.1. The van der Waals surface area contributed by atoms with E-state index in [9.17, 15) is 9.59 Å². The second-order valence-electron chi connectivity index (χ2n) is 2.86. The van der Waals surface area contributed by atoms with Crippen LogP contribution in [-0.4, -0.2) is 20.4 Å². The molecule has 6 heteroatoms. The van der Waals surface area contributed by atoms with Gasteiger partial charge in [0.25, 0.3) is 0 Å². The monoisotopic (exact) mass is 210 g/mol. The Morgan fingerprint density at radius 2 is 2.36 bits per heavy atom. The molecule has 0 bridgehead atoms. The van der Waals surface area contributed by atoms with Crippen molar-refractivity contribution in [2.24, 2.45) is 0 Å². The third-order valence-electron chi connectivity index (χ3n) is 1.85. The number of H-pyrrole nitrogens is 1. The third-order valence-corrected chi connectivity index (χ3v) is 2.83. The number of aromatic amines is 1. The zero-order chi connectivity index (χ0) is 10.3. The summed E-state index contributed by atoms with van der Waals surface area (Å²) in [6.07, 6.45) is 0. The van der Waals surface area contributed by atoms with E-state index in [0.29, 0.717) is 10.2 Å². The lowest BCUT2D eigenvalue weighted by Crippen LogP contribution is -2.06. The van der Waals surface area contributed by atoms with Crippen LogP contribution in [0.15, 0.2) is 10.9 Å². The summed E-state index contributed by atoms with van der Waals surface area (Å²) in [7, 11) is 0. The third kappa shape index (κ3) is 1.20. The van der Waals surface area contributed by atoms with E-state index in [1.165, 1.54) is 6.07 Å². The highest BCUT2D eigenvalue weighted by Gasteiger charge is 2.15. The fourth-order valence-electron chi connectivity index (χ4n) is 1.24. The molecule has 0 atom stereocenters. The number of fused-ring (bicyclic) bond motifs is 1. The first-order valence-electron chi connectivity index (χ1n) is 3.82. The number of pyridine rings is 1. The zero-order valence-corrected chi connectivity index (χ0v) is 8.01. The van der Waals surface area contributed by atoms with Gasteiger partial charge in [-0.25, -0.2) is 4.79 Å². The average Bonchev–Trinajstić information content (AvgIpc) is 2.47. The lowest BCUT2D eigenvalue weighted by atomic mass is 10.2. The normalized spacial score (nSPS) is 10.6. The van der Waals surface area contributed by atoms with Gasteiger partial charge in [-0.2, -0.15) is 4.37 Å². The number of hydrogen-bond acceptors (Lipinski definition) is 4. The highest BCUT2D eigenvalue weighted by Crippen LogP contribution is 2.22. The second-order valence-corrected chi connectivity index (χ2v) is 3.63. The number of hydrogen-bond donors (Lipinski definition) is 2. The molecule has 0 aromatic carbocycles. The molecule has 2 heterocycles. The minimum atomic E-state index is -1.13. The summed E-state index contributed by atoms with van der Waals surface area (Å²) in [6.45, 7) is 1.75. The maximum atomic E-state index is 11.1. The van der Waals surface area contributed by atoms with Gasteiger partial charge in [-0.1, -0.05) is 0 Å². The molecule has 0 unspecified atom stereocenters. The Morgan fingerprint density at radius 3 is 3.00 bits per heavy atom. The molecular weight excluding hydrogens is 204 g/mol. The number of carboxylic acids is 1. The lowest BCUT2D eigenvalue weighted by molar-refractivity contribution is 0.0694. The second kappa shape index (κ2) is 2.91. The highest BCUT2D eigenvalue weighted by molar-refractivity contribution is 7.13. The van der Waals surface area contributed by atoms with E-state index < -0.39 is 5.97 Å². The molecule has 0 spiro atoms. The largest absolute Gasteiger partial charge is 0.476 e. The molecule has 5 nitrogen and oxygen atoms in total. The van der Waals surface area contributed by atoms with Crippen molar-refractivity contribution in [2.45, 2.75) is 6.92 Å². The van der Waals surface area contributed by atoms with Crippen LogP contribution in [-0.2, 0) is 0 Å². The fraction of sp³-hybridized carbons (Fsp3) is 0.125. The lowest BCUT2D eigenvalue weighted by Gasteiger charge is -1.93. The Balaban J connectivity index is 2.92. The first-order valence-corrected chi connectivity index (χ1v) is 4.59. The summed E-state index contributed by atoms with van der Waals surface area (Å²) in [4.78, 5) is 24.3. The molecule has 0 saturated heterocycles. The molecule has 0 fully saturated rings. The van der Waals surface area contributed by atoms with Gasteiger partial charge < -0.3 is 10.1 Å². The Bertz CT molecular complexity index is 569. The van der Waals surface area contributed by atoms with Crippen molar-refractivity contribution >= 4 is 27.7 Å². The van der Waals surface area contributed by atoms with E-state index in [0.717, 1.165) is 17.1 Å². The molecule has 0 aliphatic rings. The van der Waals surface area contributed by atoms with E-state index in [-0.39, 0.29) is 11.3 Å². The van der Waals surface area contributed by atoms with Crippen molar-refractivity contribution in [2.75, 3.05) is 0 Å². The Morgan fingerprint density at radius 1 is 1.64 bits per heavy atom. The van der Waals surface area contributed by atoms with Crippen molar-refractivity contribution in [3.8, 4) is 0 Å². The number of aromatic nitrogens is 2. The maximum Gasteiger partial charge on any atom is 0.357 e. The summed E-state index contributed by atoms with van der Waals surface area (Å²) < 4.78 is 4.48. The van der Waals surface area contributed by atoms with Gasteiger partial charge in [-0.15, -0.1) is 0 Å². The predicted octanol–water partition coefficient (Wildman–Crippen LogP) is 0.991. The van der Waals surface area contributed by atoms with Gasteiger partial charge in [0.1, 0.15) is 0 Å². The Hall–Kier alpha value is -1.69. The molecule has 2 aromatic heterocycles. The van der Waals surface area contributed by atoms with Gasteiger partial charge in [-0.05, 0) is 24.0 Å². The van der Waals surface area contributed by atoms with Crippen molar-refractivity contribution in [1.29, 1.82) is 0 Å². The number of carboxylic acid groups (broad SMARTS) is 1. The molecule has 72 valence electrons. The topological polar surface area (TPSA) is 83.0 Å². The molecule has 0 aliphatic heterocycles. The van der Waals surface area contributed by atoms with Crippen LogP contribution in [0.4, 0.5) is 0 Å². The molecule has 0 radical (unpaired) electrons. The van der Waals surface area contributed by atoms with Crippen LogP contribution in [0.3, 0.4) is 0 Å². The van der Waals surface area contributed by atoms with Crippen molar-refractivity contribution in [3.05, 3.63) is 27.7 Å². The van der Waals surface area contributed by atoms with E-state index in [2.05, 4.69) is 9.36 Å². The van der Waals surface area contributed by atoms with Crippen LogP contribution >= 0.6 is 11.5 Å². The summed E-state index contributed by atoms with van der Waals surface area (Å²) in [6, 6.07) is 1.42. The van der Waals surface area contributed by atoms with Crippen LogP contribution in [0.2, 0.25) is 0 Å². The summed E-state index contributed by atoms with van der Waals surface area (Å²) >= 11 is 1.08. The number of rotatable bonds is 1. The van der Waals surface area contributed by atoms with Gasteiger partial charge in [0.15, 0.2) is 5.69 Å². The van der Waals surface area contributed by atoms with Crippen LogP contribution in [0.5, 0.6) is 0 Å². The zero-order valence-electron chi connectivity index (χ0n) is 7.20. The maximum absolute atomic E-state index is 11.1. The smallest absolute Gasteiger partial charge is 0.357 e. The Labute approximate surface area is 82.2 Å². The van der Waals surface area contributed by atoms with Crippen molar-refractivity contribution in [3.63, 3.8) is 0 Å². The van der Waals surface area contributed by atoms with Crippen LogP contribution in [0.25, 0.3) is 10.2 Å². The van der Waals surface area contributed by atoms with Gasteiger partial charge in [0.05, 0.1) is 10.2 Å². The summed E-state index contributed by atoms with van der Waals surface area (Å²) in [5.74, 6) is -1.13. The molecule has 2 aromatic rings. The molecular formula is C8H6N2O3S.